The van der Waals surface area contributed by atoms with Crippen molar-refractivity contribution in [1.82, 2.24) is 20.3 Å². The molecule has 1 atom stereocenters. The first-order valence-electron chi connectivity index (χ1n) is 12.4. The molecule has 2 aliphatic rings. The molecule has 0 bridgehead atoms. The van der Waals surface area contributed by atoms with Gasteiger partial charge in [-0.25, -0.2) is 15.0 Å². The summed E-state index contributed by atoms with van der Waals surface area (Å²) in [5.41, 5.74) is 1.64. The molecule has 4 heterocycles. The number of fused-ring (bicyclic) bond motifs is 1. The predicted octanol–water partition coefficient (Wildman–Crippen LogP) is 4.57. The Hall–Kier alpha value is -3.58. The van der Waals surface area contributed by atoms with Gasteiger partial charge in [-0.3, -0.25) is 9.59 Å². The molecule has 206 valence electrons. The monoisotopic (exact) mass is 561 g/mol. The van der Waals surface area contributed by atoms with Gasteiger partial charge in [-0.2, -0.15) is 13.2 Å². The molecule has 2 aromatic heterocycles. The topological polar surface area (TPSA) is 107 Å². The number of thiazole rings is 1. The second-order valence-electron chi connectivity index (χ2n) is 9.53. The molecule has 0 saturated carbocycles. The highest BCUT2D eigenvalue weighted by Gasteiger charge is 2.35. The summed E-state index contributed by atoms with van der Waals surface area (Å²) in [4.78, 5) is 40.2. The highest BCUT2D eigenvalue weighted by Crippen LogP contribution is 2.44. The van der Waals surface area contributed by atoms with Gasteiger partial charge >= 0.3 is 6.18 Å². The smallest absolute Gasteiger partial charge is 0.451 e. The van der Waals surface area contributed by atoms with Gasteiger partial charge in [0.2, 0.25) is 5.82 Å². The van der Waals surface area contributed by atoms with Crippen LogP contribution in [0.5, 0.6) is 5.75 Å². The molecule has 1 fully saturated rings. The van der Waals surface area contributed by atoms with Crippen LogP contribution in [-0.4, -0.2) is 53.1 Å². The van der Waals surface area contributed by atoms with E-state index in [1.165, 1.54) is 11.3 Å². The lowest BCUT2D eigenvalue weighted by atomic mass is 9.98. The Labute approximate surface area is 226 Å². The molecule has 13 heteroatoms. The number of amides is 2. The Morgan fingerprint density at radius 3 is 2.54 bits per heavy atom. The number of anilines is 1. The van der Waals surface area contributed by atoms with Gasteiger partial charge in [0, 0.05) is 54.4 Å². The molecule has 0 aliphatic carbocycles. The first kappa shape index (κ1) is 27.0. The second-order valence-corrected chi connectivity index (χ2v) is 10.8. The zero-order valence-electron chi connectivity index (χ0n) is 21.2. The zero-order valence-corrected chi connectivity index (χ0v) is 22.1. The van der Waals surface area contributed by atoms with Gasteiger partial charge in [0.25, 0.3) is 11.8 Å². The third-order valence-electron chi connectivity index (χ3n) is 6.67. The Bertz CT molecular complexity index is 1370. The molecule has 1 saturated heterocycles. The van der Waals surface area contributed by atoms with Crippen molar-refractivity contribution >= 4 is 28.8 Å². The van der Waals surface area contributed by atoms with Gasteiger partial charge in [0.05, 0.1) is 17.3 Å². The molecule has 3 aromatic rings. The first-order chi connectivity index (χ1) is 18.6. The van der Waals surface area contributed by atoms with Crippen molar-refractivity contribution in [3.8, 4) is 16.3 Å². The molecule has 5 rings (SSSR count). The van der Waals surface area contributed by atoms with E-state index >= 15 is 0 Å². The lowest BCUT2D eigenvalue weighted by molar-refractivity contribution is -0.145. The molecular formula is C26H26F3N5O4S. The number of carbonyl (C=O) groups excluding carboxylic acids is 2. The number of aromatic nitrogens is 3. The van der Waals surface area contributed by atoms with Crippen LogP contribution < -0.4 is 15.0 Å². The molecule has 39 heavy (non-hydrogen) atoms. The normalized spacial score (nSPS) is 16.9. The number of nitrogens with one attached hydrogen (secondary N) is 1. The van der Waals surface area contributed by atoms with Crippen molar-refractivity contribution in [3.05, 3.63) is 52.6 Å². The molecule has 2 amide bonds. The number of halogens is 3. The van der Waals surface area contributed by atoms with Gasteiger partial charge in [0.1, 0.15) is 5.01 Å². The minimum Gasteiger partial charge on any atom is -0.481 e. The molecular weight excluding hydrogens is 535 g/mol. The van der Waals surface area contributed by atoms with Gasteiger partial charge < -0.3 is 19.7 Å². The summed E-state index contributed by atoms with van der Waals surface area (Å²) in [6.07, 6.45) is 0.796. The maximum Gasteiger partial charge on any atom is 0.451 e. The summed E-state index contributed by atoms with van der Waals surface area (Å²) >= 11 is 1.43. The lowest BCUT2D eigenvalue weighted by Gasteiger charge is -2.34. The second kappa shape index (κ2) is 10.9. The molecule has 2 aliphatic heterocycles. The molecule has 0 radical (unpaired) electrons. The maximum atomic E-state index is 13.4. The summed E-state index contributed by atoms with van der Waals surface area (Å²) in [6.45, 7) is 5.15. The van der Waals surface area contributed by atoms with E-state index in [0.717, 1.165) is 30.1 Å². The van der Waals surface area contributed by atoms with Gasteiger partial charge in [-0.1, -0.05) is 0 Å². The van der Waals surface area contributed by atoms with Crippen molar-refractivity contribution in [2.24, 2.45) is 5.92 Å². The van der Waals surface area contributed by atoms with E-state index in [1.54, 1.807) is 30.2 Å². The third kappa shape index (κ3) is 5.88. The zero-order chi connectivity index (χ0) is 27.7. The van der Waals surface area contributed by atoms with Crippen LogP contribution in [0.3, 0.4) is 0 Å². The number of hydrogen-bond acceptors (Lipinski definition) is 8. The largest absolute Gasteiger partial charge is 0.481 e. The van der Waals surface area contributed by atoms with E-state index in [4.69, 9.17) is 9.47 Å². The number of benzene rings is 1. The van der Waals surface area contributed by atoms with Crippen LogP contribution >= 0.6 is 11.3 Å². The molecule has 1 N–H and O–H groups in total. The average Bonchev–Trinajstić information content (AvgIpc) is 3.35. The summed E-state index contributed by atoms with van der Waals surface area (Å²) < 4.78 is 49.8. The SMILES string of the molecule is Cc1cnc(-c2cc(C(=O)N[C@H](C)c3cnc(C(F)(F)F)nc3)cc3c2OCC(=O)N3CC2CCOCC2)s1. The van der Waals surface area contributed by atoms with Gasteiger partial charge in [0.15, 0.2) is 12.4 Å². The van der Waals surface area contributed by atoms with E-state index in [2.05, 4.69) is 20.3 Å². The van der Waals surface area contributed by atoms with Crippen molar-refractivity contribution in [2.45, 2.75) is 38.9 Å². The average molecular weight is 562 g/mol. The van der Waals surface area contributed by atoms with Crippen LogP contribution in [0.15, 0.2) is 30.7 Å². The number of hydrogen-bond donors (Lipinski definition) is 1. The lowest BCUT2D eigenvalue weighted by Crippen LogP contribution is -2.43. The van der Waals surface area contributed by atoms with Crippen LogP contribution in [0, 0.1) is 12.8 Å². The molecule has 0 spiro atoms. The fourth-order valence-corrected chi connectivity index (χ4v) is 5.32. The van der Waals surface area contributed by atoms with E-state index in [9.17, 15) is 22.8 Å². The summed E-state index contributed by atoms with van der Waals surface area (Å²) in [6, 6.07) is 2.59. The predicted molar refractivity (Wildman–Crippen MR) is 137 cm³/mol. The van der Waals surface area contributed by atoms with E-state index < -0.39 is 23.9 Å². The quantitative estimate of drug-likeness (QED) is 0.470. The van der Waals surface area contributed by atoms with Gasteiger partial charge in [-0.15, -0.1) is 11.3 Å². The van der Waals surface area contributed by atoms with Gasteiger partial charge in [-0.05, 0) is 44.7 Å². The van der Waals surface area contributed by atoms with Crippen molar-refractivity contribution in [3.63, 3.8) is 0 Å². The fourth-order valence-electron chi connectivity index (χ4n) is 4.54. The van der Waals surface area contributed by atoms with Crippen LogP contribution in [0.1, 0.15) is 52.4 Å². The Balaban J connectivity index is 1.47. The van der Waals surface area contributed by atoms with Crippen LogP contribution in [0.4, 0.5) is 18.9 Å². The number of alkyl halides is 3. The molecule has 9 nitrogen and oxygen atoms in total. The van der Waals surface area contributed by atoms with Crippen LogP contribution in [0.2, 0.25) is 0 Å². The highest BCUT2D eigenvalue weighted by molar-refractivity contribution is 7.15. The fraction of sp³-hybridized carbons (Fsp3) is 0.423. The minimum atomic E-state index is -4.66. The number of ether oxygens (including phenoxy) is 2. The Morgan fingerprint density at radius 2 is 1.90 bits per heavy atom. The third-order valence-corrected chi connectivity index (χ3v) is 7.62. The first-order valence-corrected chi connectivity index (χ1v) is 13.2. The number of rotatable bonds is 6. The number of carbonyl (C=O) groups is 2. The van der Waals surface area contributed by atoms with Crippen molar-refractivity contribution < 1.29 is 32.2 Å². The Morgan fingerprint density at radius 1 is 1.18 bits per heavy atom. The summed E-state index contributed by atoms with van der Waals surface area (Å²) in [7, 11) is 0. The standard InChI is InChI=1S/C26H26F3N5O4S/c1-14-9-30-24(39-14)19-7-17(23(36)33-15(2)18-10-31-25(32-11-18)26(27,28)29)8-20-22(19)38-13-21(35)34(20)12-16-3-5-37-6-4-16/h7-11,15-16H,3-6,12-13H2,1-2H3,(H,33,36)/t15-/m1/s1. The van der Waals surface area contributed by atoms with Crippen LogP contribution in [-0.2, 0) is 15.7 Å². The van der Waals surface area contributed by atoms with Crippen LogP contribution in [0.25, 0.3) is 10.6 Å². The summed E-state index contributed by atoms with van der Waals surface area (Å²) in [5, 5.41) is 3.43. The van der Waals surface area contributed by atoms with E-state index in [1.807, 2.05) is 6.92 Å². The van der Waals surface area contributed by atoms with Crippen molar-refractivity contribution in [1.29, 1.82) is 0 Å². The van der Waals surface area contributed by atoms with E-state index in [-0.39, 0.29) is 24.0 Å². The number of nitrogens with zero attached hydrogens (tertiary/aromatic N) is 4. The molecule has 1 aromatic carbocycles. The highest BCUT2D eigenvalue weighted by atomic mass is 32.1. The van der Waals surface area contributed by atoms with Crippen molar-refractivity contribution in [2.75, 3.05) is 31.3 Å². The van der Waals surface area contributed by atoms with E-state index in [0.29, 0.717) is 47.3 Å². The minimum absolute atomic E-state index is 0.121. The number of aryl methyl sites for hydroxylation is 1. The summed E-state index contributed by atoms with van der Waals surface area (Å²) in [5.74, 6) is -1.21. The maximum absolute atomic E-state index is 13.4. The Kier molecular flexibility index (Phi) is 7.54. The molecule has 0 unspecified atom stereocenters.